The van der Waals surface area contributed by atoms with Gasteiger partial charge in [0.1, 0.15) is 11.6 Å². The summed E-state index contributed by atoms with van der Waals surface area (Å²) in [5.74, 6) is -0.580. The second-order valence-electron chi connectivity index (χ2n) is 6.11. The Morgan fingerprint density at radius 2 is 1.68 bits per heavy atom. The molecule has 0 bridgehead atoms. The Hall–Kier alpha value is -1.79. The number of piperazine rings is 1. The van der Waals surface area contributed by atoms with E-state index in [0.29, 0.717) is 23.0 Å². The number of carbonyl (C=O) groups is 1. The van der Waals surface area contributed by atoms with Gasteiger partial charge in [-0.3, -0.25) is 9.69 Å². The van der Waals surface area contributed by atoms with Gasteiger partial charge in [0.25, 0.3) is 0 Å². The van der Waals surface area contributed by atoms with Gasteiger partial charge in [0.15, 0.2) is 5.78 Å². The number of nitrogens with zero attached hydrogens (tertiary/aromatic N) is 2. The summed E-state index contributed by atoms with van der Waals surface area (Å²) in [7, 11) is 0. The van der Waals surface area contributed by atoms with Crippen LogP contribution >= 0.6 is 15.9 Å². The van der Waals surface area contributed by atoms with Crippen LogP contribution in [-0.2, 0) is 0 Å². The summed E-state index contributed by atoms with van der Waals surface area (Å²) in [6, 6.07) is 10.9. The highest BCUT2D eigenvalue weighted by atomic mass is 79.9. The molecule has 0 atom stereocenters. The van der Waals surface area contributed by atoms with E-state index in [4.69, 9.17) is 0 Å². The SMILES string of the molecule is O=C(CCN1CCN(c2ccc(F)cc2)CC1)c1ccc(F)c(Br)c1. The molecule has 0 aromatic heterocycles. The van der Waals surface area contributed by atoms with Gasteiger partial charge in [-0.1, -0.05) is 0 Å². The van der Waals surface area contributed by atoms with Crippen molar-refractivity contribution in [1.82, 2.24) is 4.90 Å². The van der Waals surface area contributed by atoms with Gasteiger partial charge in [-0.15, -0.1) is 0 Å². The highest BCUT2D eigenvalue weighted by Crippen LogP contribution is 2.19. The van der Waals surface area contributed by atoms with Crippen LogP contribution in [0.4, 0.5) is 14.5 Å². The Bertz CT molecular complexity index is 744. The van der Waals surface area contributed by atoms with E-state index in [-0.39, 0.29) is 17.4 Å². The van der Waals surface area contributed by atoms with Crippen molar-refractivity contribution in [3.63, 3.8) is 0 Å². The third-order valence-corrected chi connectivity index (χ3v) is 5.07. The molecule has 0 spiro atoms. The molecule has 0 unspecified atom stereocenters. The molecule has 2 aromatic carbocycles. The maximum absolute atomic E-state index is 13.2. The van der Waals surface area contributed by atoms with Gasteiger partial charge in [0.05, 0.1) is 4.47 Å². The molecule has 3 rings (SSSR count). The minimum Gasteiger partial charge on any atom is -0.369 e. The molecule has 1 aliphatic heterocycles. The maximum atomic E-state index is 13.2. The molecule has 1 aliphatic rings. The lowest BCUT2D eigenvalue weighted by molar-refractivity contribution is 0.0962. The number of Topliss-reactive ketones (excluding diaryl/α,β-unsaturated/α-hetero) is 1. The van der Waals surface area contributed by atoms with Crippen molar-refractivity contribution in [3.8, 4) is 0 Å². The van der Waals surface area contributed by atoms with E-state index in [0.717, 1.165) is 31.9 Å². The van der Waals surface area contributed by atoms with Crippen LogP contribution in [0.25, 0.3) is 0 Å². The predicted molar refractivity (Wildman–Crippen MR) is 98.1 cm³/mol. The molecule has 0 N–H and O–H groups in total. The first kappa shape index (κ1) is 18.0. The summed E-state index contributed by atoms with van der Waals surface area (Å²) in [5, 5.41) is 0. The predicted octanol–water partition coefficient (Wildman–Crippen LogP) is 4.12. The third-order valence-electron chi connectivity index (χ3n) is 4.46. The van der Waals surface area contributed by atoms with E-state index in [1.807, 2.05) is 0 Å². The summed E-state index contributed by atoms with van der Waals surface area (Å²) in [5.41, 5.74) is 1.55. The fourth-order valence-electron chi connectivity index (χ4n) is 2.96. The smallest absolute Gasteiger partial charge is 0.164 e. The second-order valence-corrected chi connectivity index (χ2v) is 6.96. The van der Waals surface area contributed by atoms with Gasteiger partial charge in [-0.2, -0.15) is 0 Å². The third kappa shape index (κ3) is 4.64. The Kier molecular flexibility index (Phi) is 5.81. The van der Waals surface area contributed by atoms with Gasteiger partial charge in [0.2, 0.25) is 0 Å². The first-order valence-corrected chi connectivity index (χ1v) is 9.03. The van der Waals surface area contributed by atoms with Crippen molar-refractivity contribution in [2.75, 3.05) is 37.6 Å². The molecular weight excluding hydrogens is 390 g/mol. The lowest BCUT2D eigenvalue weighted by Crippen LogP contribution is -2.46. The minimum atomic E-state index is -0.367. The second kappa shape index (κ2) is 8.06. The molecule has 3 nitrogen and oxygen atoms in total. The number of anilines is 1. The molecular formula is C19H19BrF2N2O. The molecule has 25 heavy (non-hydrogen) atoms. The number of carbonyl (C=O) groups excluding carboxylic acids is 1. The summed E-state index contributed by atoms with van der Waals surface area (Å²) < 4.78 is 26.6. The Morgan fingerprint density at radius 3 is 2.32 bits per heavy atom. The average Bonchev–Trinajstić information content (AvgIpc) is 2.63. The highest BCUT2D eigenvalue weighted by Gasteiger charge is 2.18. The quantitative estimate of drug-likeness (QED) is 0.695. The Labute approximate surface area is 154 Å². The number of halogens is 3. The molecule has 6 heteroatoms. The van der Waals surface area contributed by atoms with Crippen LogP contribution in [0, 0.1) is 11.6 Å². The largest absolute Gasteiger partial charge is 0.369 e. The minimum absolute atomic E-state index is 0.0154. The van der Waals surface area contributed by atoms with Gasteiger partial charge in [-0.05, 0) is 58.4 Å². The molecule has 0 radical (unpaired) electrons. The molecule has 1 fully saturated rings. The average molecular weight is 409 g/mol. The van der Waals surface area contributed by atoms with Crippen LogP contribution in [0.1, 0.15) is 16.8 Å². The van der Waals surface area contributed by atoms with Gasteiger partial charge >= 0.3 is 0 Å². The number of rotatable bonds is 5. The van der Waals surface area contributed by atoms with Crippen molar-refractivity contribution in [3.05, 3.63) is 64.1 Å². The van der Waals surface area contributed by atoms with Crippen LogP contribution in [0.5, 0.6) is 0 Å². The van der Waals surface area contributed by atoms with Crippen molar-refractivity contribution in [2.45, 2.75) is 6.42 Å². The van der Waals surface area contributed by atoms with Crippen molar-refractivity contribution >= 4 is 27.4 Å². The van der Waals surface area contributed by atoms with Crippen LogP contribution in [0.15, 0.2) is 46.9 Å². The molecule has 0 aliphatic carbocycles. The fourth-order valence-corrected chi connectivity index (χ4v) is 3.33. The van der Waals surface area contributed by atoms with Gasteiger partial charge < -0.3 is 4.90 Å². The number of benzene rings is 2. The molecule has 0 saturated carbocycles. The van der Waals surface area contributed by atoms with Crippen molar-refractivity contribution < 1.29 is 13.6 Å². The summed E-state index contributed by atoms with van der Waals surface area (Å²) in [6.45, 7) is 4.10. The highest BCUT2D eigenvalue weighted by molar-refractivity contribution is 9.10. The van der Waals surface area contributed by atoms with Crippen LogP contribution in [-0.4, -0.2) is 43.4 Å². The fraction of sp³-hybridized carbons (Fsp3) is 0.316. The standard InChI is InChI=1S/C19H19BrF2N2O/c20-17-13-14(1-6-18(17)22)19(25)7-8-23-9-11-24(12-10-23)16-4-2-15(21)3-5-16/h1-6,13H,7-12H2. The van der Waals surface area contributed by atoms with E-state index >= 15 is 0 Å². The van der Waals surface area contributed by atoms with Crippen molar-refractivity contribution in [1.29, 1.82) is 0 Å². The summed E-state index contributed by atoms with van der Waals surface area (Å²) in [6.07, 6.45) is 0.411. The van der Waals surface area contributed by atoms with Crippen LogP contribution in [0.3, 0.4) is 0 Å². The normalized spacial score (nSPS) is 15.4. The number of hydrogen-bond donors (Lipinski definition) is 0. The zero-order valence-electron chi connectivity index (χ0n) is 13.7. The summed E-state index contributed by atoms with van der Waals surface area (Å²) in [4.78, 5) is 16.7. The first-order valence-electron chi connectivity index (χ1n) is 8.24. The zero-order valence-corrected chi connectivity index (χ0v) is 15.3. The van der Waals surface area contributed by atoms with Crippen LogP contribution < -0.4 is 4.90 Å². The Balaban J connectivity index is 1.48. The van der Waals surface area contributed by atoms with E-state index in [9.17, 15) is 13.6 Å². The summed E-state index contributed by atoms with van der Waals surface area (Å²) >= 11 is 3.11. The molecule has 1 heterocycles. The molecule has 1 saturated heterocycles. The van der Waals surface area contributed by atoms with Crippen LogP contribution in [0.2, 0.25) is 0 Å². The monoisotopic (exact) mass is 408 g/mol. The van der Waals surface area contributed by atoms with E-state index in [2.05, 4.69) is 25.7 Å². The van der Waals surface area contributed by atoms with Gasteiger partial charge in [0, 0.05) is 50.4 Å². The lowest BCUT2D eigenvalue weighted by Gasteiger charge is -2.36. The topological polar surface area (TPSA) is 23.6 Å². The maximum Gasteiger partial charge on any atom is 0.164 e. The van der Waals surface area contributed by atoms with Crippen molar-refractivity contribution in [2.24, 2.45) is 0 Å². The zero-order chi connectivity index (χ0) is 17.8. The Morgan fingerprint density at radius 1 is 1.00 bits per heavy atom. The molecule has 132 valence electrons. The number of ketones is 1. The van der Waals surface area contributed by atoms with E-state index in [1.54, 1.807) is 12.1 Å². The molecule has 0 amide bonds. The van der Waals surface area contributed by atoms with E-state index in [1.165, 1.54) is 30.3 Å². The lowest BCUT2D eigenvalue weighted by atomic mass is 10.1. The molecule has 2 aromatic rings. The van der Waals surface area contributed by atoms with E-state index < -0.39 is 0 Å². The number of hydrogen-bond acceptors (Lipinski definition) is 3. The van der Waals surface area contributed by atoms with Gasteiger partial charge in [-0.25, -0.2) is 8.78 Å². The first-order chi connectivity index (χ1) is 12.0.